The van der Waals surface area contributed by atoms with E-state index in [9.17, 15) is 4.79 Å². The Morgan fingerprint density at radius 1 is 0.789 bits per heavy atom. The van der Waals surface area contributed by atoms with E-state index in [1.165, 1.54) is 51.4 Å². The summed E-state index contributed by atoms with van der Waals surface area (Å²) >= 11 is 0. The second kappa shape index (κ2) is 18.4. The van der Waals surface area contributed by atoms with Gasteiger partial charge in [0.05, 0.1) is 0 Å². The molecule has 0 radical (unpaired) electrons. The molecule has 0 bridgehead atoms. The number of nitrogens with one attached hydrogen (secondary N) is 2. The van der Waals surface area contributed by atoms with Crippen LogP contribution in [0.25, 0.3) is 0 Å². The molecule has 0 spiro atoms. The predicted octanol–water partition coefficient (Wildman–Crippen LogP) is 3.29. The van der Waals surface area contributed by atoms with Crippen LogP contribution in [0.4, 0.5) is 0 Å². The van der Waals surface area contributed by atoms with Gasteiger partial charge in [0.2, 0.25) is 5.91 Å². The van der Waals surface area contributed by atoms with Crippen LogP contribution in [0.1, 0.15) is 84.5 Å². The monoisotopic (exact) mass is 280 g/mol. The van der Waals surface area contributed by atoms with Gasteiger partial charge in [-0.15, -0.1) is 0 Å². The van der Waals surface area contributed by atoms with E-state index in [4.69, 9.17) is 0 Å². The Morgan fingerprint density at radius 2 is 1.32 bits per heavy atom. The molecule has 0 unspecified atom stereocenters. The molecule has 0 heterocycles. The quantitative estimate of drug-likeness (QED) is 0.309. The molecule has 19 heavy (non-hydrogen) atoms. The van der Waals surface area contributed by atoms with E-state index in [2.05, 4.69) is 24.7 Å². The van der Waals surface area contributed by atoms with E-state index in [-0.39, 0.29) is 35.5 Å². The SMILES string of the molecule is CCCCCCCCCCCC(=O)NNCCC.[NaH]. The molecule has 0 rings (SSSR count). The second-order valence-corrected chi connectivity index (χ2v) is 5.05. The minimum absolute atomic E-state index is 0. The Bertz CT molecular complexity index is 189. The van der Waals surface area contributed by atoms with Crippen molar-refractivity contribution in [1.82, 2.24) is 10.9 Å². The molecule has 0 saturated carbocycles. The first-order valence-electron chi connectivity index (χ1n) is 7.83. The normalized spacial score (nSPS) is 10.0. The van der Waals surface area contributed by atoms with Crippen molar-refractivity contribution in [2.45, 2.75) is 84.5 Å². The van der Waals surface area contributed by atoms with Gasteiger partial charge in [0.15, 0.2) is 0 Å². The summed E-state index contributed by atoms with van der Waals surface area (Å²) in [5.74, 6) is 0.131. The zero-order valence-electron chi connectivity index (χ0n) is 12.4. The van der Waals surface area contributed by atoms with Gasteiger partial charge >= 0.3 is 29.6 Å². The van der Waals surface area contributed by atoms with E-state index < -0.39 is 0 Å². The van der Waals surface area contributed by atoms with Gasteiger partial charge in [-0.05, 0) is 12.8 Å². The number of unbranched alkanes of at least 4 members (excludes halogenated alkanes) is 8. The first-order chi connectivity index (χ1) is 8.81. The number of rotatable bonds is 13. The molecule has 1 amide bonds. The van der Waals surface area contributed by atoms with Gasteiger partial charge in [-0.1, -0.05) is 65.2 Å². The van der Waals surface area contributed by atoms with Gasteiger partial charge in [-0.25, -0.2) is 5.43 Å². The van der Waals surface area contributed by atoms with E-state index in [0.717, 1.165) is 19.4 Å². The summed E-state index contributed by atoms with van der Waals surface area (Å²) in [6.07, 6.45) is 13.4. The number of carbonyl (C=O) groups excluding carboxylic acids is 1. The zero-order valence-corrected chi connectivity index (χ0v) is 12.4. The zero-order chi connectivity index (χ0) is 13.5. The molecule has 0 aliphatic heterocycles. The molecule has 0 aromatic heterocycles. The molecule has 4 heteroatoms. The summed E-state index contributed by atoms with van der Waals surface area (Å²) in [5, 5.41) is 0. The predicted molar refractivity (Wildman–Crippen MR) is 85.4 cm³/mol. The fraction of sp³-hybridized carbons (Fsp3) is 0.933. The molecule has 0 fully saturated rings. The van der Waals surface area contributed by atoms with Crippen molar-refractivity contribution in [1.29, 1.82) is 0 Å². The van der Waals surface area contributed by atoms with Crippen LogP contribution in [0.15, 0.2) is 0 Å². The maximum atomic E-state index is 11.4. The Hall–Kier alpha value is 0.430. The molecule has 0 saturated heterocycles. The number of hydrazine groups is 1. The van der Waals surface area contributed by atoms with Crippen molar-refractivity contribution >= 4 is 35.5 Å². The maximum absolute atomic E-state index is 11.4. The van der Waals surface area contributed by atoms with Crippen LogP contribution in [0.3, 0.4) is 0 Å². The van der Waals surface area contributed by atoms with Gasteiger partial charge in [-0.2, -0.15) is 0 Å². The summed E-state index contributed by atoms with van der Waals surface area (Å²) in [7, 11) is 0. The standard InChI is InChI=1S/C15H32N2O.Na.H/c1-3-5-6-7-8-9-10-11-12-13-15(18)17-16-14-4-2;;/h16H,3-14H2,1-2H3,(H,17,18);;. The van der Waals surface area contributed by atoms with Crippen LogP contribution in [0, 0.1) is 0 Å². The average Bonchev–Trinajstić information content (AvgIpc) is 2.37. The summed E-state index contributed by atoms with van der Waals surface area (Å²) in [5.41, 5.74) is 5.64. The van der Waals surface area contributed by atoms with Crippen molar-refractivity contribution in [3.8, 4) is 0 Å². The summed E-state index contributed by atoms with van der Waals surface area (Å²) in [4.78, 5) is 11.4. The molecule has 0 aromatic carbocycles. The first kappa shape index (κ1) is 21.7. The van der Waals surface area contributed by atoms with Gasteiger partial charge in [0.25, 0.3) is 0 Å². The number of hydrogen-bond acceptors (Lipinski definition) is 2. The van der Waals surface area contributed by atoms with Gasteiger partial charge in [0, 0.05) is 13.0 Å². The van der Waals surface area contributed by atoms with E-state index >= 15 is 0 Å². The summed E-state index contributed by atoms with van der Waals surface area (Å²) < 4.78 is 0. The molecule has 0 atom stereocenters. The van der Waals surface area contributed by atoms with Crippen LogP contribution in [-0.2, 0) is 4.79 Å². The molecular weight excluding hydrogens is 247 g/mol. The molecule has 3 nitrogen and oxygen atoms in total. The molecule has 0 aliphatic carbocycles. The Morgan fingerprint density at radius 3 is 1.84 bits per heavy atom. The topological polar surface area (TPSA) is 41.1 Å². The molecule has 110 valence electrons. The molecule has 0 aliphatic rings. The van der Waals surface area contributed by atoms with Crippen molar-refractivity contribution in [3.05, 3.63) is 0 Å². The minimum atomic E-state index is 0. The molecule has 0 aromatic rings. The van der Waals surface area contributed by atoms with Crippen molar-refractivity contribution in [3.63, 3.8) is 0 Å². The van der Waals surface area contributed by atoms with Crippen molar-refractivity contribution < 1.29 is 4.79 Å². The number of carbonyl (C=O) groups is 1. The van der Waals surface area contributed by atoms with Crippen molar-refractivity contribution in [2.24, 2.45) is 0 Å². The van der Waals surface area contributed by atoms with Crippen LogP contribution >= 0.6 is 0 Å². The number of hydrogen-bond donors (Lipinski definition) is 2. The van der Waals surface area contributed by atoms with Crippen LogP contribution < -0.4 is 10.9 Å². The van der Waals surface area contributed by atoms with Crippen LogP contribution in [0.2, 0.25) is 0 Å². The third-order valence-corrected chi connectivity index (χ3v) is 3.11. The van der Waals surface area contributed by atoms with E-state index in [1.54, 1.807) is 0 Å². The average molecular weight is 280 g/mol. The Balaban J connectivity index is 0. The van der Waals surface area contributed by atoms with E-state index in [0.29, 0.717) is 6.42 Å². The van der Waals surface area contributed by atoms with Crippen LogP contribution in [0.5, 0.6) is 0 Å². The van der Waals surface area contributed by atoms with Crippen LogP contribution in [-0.4, -0.2) is 42.0 Å². The molecule has 2 N–H and O–H groups in total. The van der Waals surface area contributed by atoms with Gasteiger partial charge < -0.3 is 0 Å². The third kappa shape index (κ3) is 18.4. The van der Waals surface area contributed by atoms with E-state index in [1.807, 2.05) is 0 Å². The van der Waals surface area contributed by atoms with Gasteiger partial charge in [0.1, 0.15) is 0 Å². The summed E-state index contributed by atoms with van der Waals surface area (Å²) in [6.45, 7) is 5.18. The fourth-order valence-corrected chi connectivity index (χ4v) is 1.94. The third-order valence-electron chi connectivity index (χ3n) is 3.11. The summed E-state index contributed by atoms with van der Waals surface area (Å²) in [6, 6.07) is 0. The number of amides is 1. The Labute approximate surface area is 141 Å². The first-order valence-corrected chi connectivity index (χ1v) is 7.83. The Kier molecular flexibility index (Phi) is 21.1. The second-order valence-electron chi connectivity index (χ2n) is 5.05. The van der Waals surface area contributed by atoms with Crippen molar-refractivity contribution in [2.75, 3.05) is 6.54 Å². The van der Waals surface area contributed by atoms with Gasteiger partial charge in [-0.3, -0.25) is 10.2 Å². The fourth-order valence-electron chi connectivity index (χ4n) is 1.94. The molecular formula is C15H33N2NaO.